The first-order valence-electron chi connectivity index (χ1n) is 6.15. The van der Waals surface area contributed by atoms with Crippen molar-refractivity contribution < 1.29 is 20.1 Å². The van der Waals surface area contributed by atoms with Crippen LogP contribution in [0.25, 0.3) is 11.2 Å². The molecule has 108 valence electrons. The van der Waals surface area contributed by atoms with Crippen LogP contribution in [0.5, 0.6) is 0 Å². The minimum Gasteiger partial charge on any atom is -0.394 e. The zero-order chi connectivity index (χ0) is 14.3. The smallest absolute Gasteiger partial charge is 0.183 e. The average molecular weight is 281 g/mol. The summed E-state index contributed by atoms with van der Waals surface area (Å²) >= 11 is 0. The molecule has 2 aromatic rings. The van der Waals surface area contributed by atoms with Gasteiger partial charge in [0.2, 0.25) is 0 Å². The molecule has 4 atom stereocenters. The van der Waals surface area contributed by atoms with Crippen LogP contribution in [0.1, 0.15) is 6.23 Å². The topological polar surface area (TPSA) is 126 Å². The van der Waals surface area contributed by atoms with Crippen molar-refractivity contribution in [2.75, 3.05) is 19.0 Å². The third-order valence-corrected chi connectivity index (χ3v) is 3.39. The van der Waals surface area contributed by atoms with Crippen LogP contribution in [-0.2, 0) is 4.74 Å². The van der Waals surface area contributed by atoms with Crippen molar-refractivity contribution in [3.63, 3.8) is 0 Å². The Bertz CT molecular complexity index is 618. The van der Waals surface area contributed by atoms with Gasteiger partial charge in [-0.15, -0.1) is 0 Å². The normalized spacial score (nSPS) is 30.0. The predicted octanol–water partition coefficient (Wildman–Crippen LogP) is -1.52. The number of ether oxygens (including phenoxy) is 1. The number of hydrogen-bond acceptors (Lipinski definition) is 8. The lowest BCUT2D eigenvalue weighted by Gasteiger charge is -2.17. The van der Waals surface area contributed by atoms with E-state index in [0.29, 0.717) is 17.0 Å². The van der Waals surface area contributed by atoms with E-state index in [2.05, 4.69) is 20.3 Å². The maximum atomic E-state index is 10.1. The van der Waals surface area contributed by atoms with Crippen LogP contribution >= 0.6 is 0 Å². The van der Waals surface area contributed by atoms with Crippen LogP contribution in [0.3, 0.4) is 0 Å². The van der Waals surface area contributed by atoms with Crippen molar-refractivity contribution in [1.29, 1.82) is 0 Å². The van der Waals surface area contributed by atoms with Crippen LogP contribution in [0.15, 0.2) is 12.7 Å². The van der Waals surface area contributed by atoms with Gasteiger partial charge in [0.25, 0.3) is 0 Å². The summed E-state index contributed by atoms with van der Waals surface area (Å²) in [5, 5.41) is 31.9. The zero-order valence-corrected chi connectivity index (χ0v) is 10.7. The summed E-state index contributed by atoms with van der Waals surface area (Å²) < 4.78 is 7.02. The number of aliphatic hydroxyl groups is 3. The van der Waals surface area contributed by atoms with E-state index in [1.807, 2.05) is 0 Å². The number of nitrogens with one attached hydrogen (secondary N) is 1. The van der Waals surface area contributed by atoms with Gasteiger partial charge in [-0.05, 0) is 0 Å². The average Bonchev–Trinajstić information content (AvgIpc) is 3.01. The lowest BCUT2D eigenvalue weighted by Crippen LogP contribution is -2.33. The standard InChI is InChI=1S/C11H15N5O4/c1-12-9-6-10(14-3-13-9)15-4-16(6)11-8(19)7(18)5(2-17)20-11/h3-5,7-8,11,17-19H,2H2,1H3,(H,12,13,14)/t5-,7+,8-,11+/m0/s1. The van der Waals surface area contributed by atoms with Crippen molar-refractivity contribution in [3.8, 4) is 0 Å². The van der Waals surface area contributed by atoms with Crippen molar-refractivity contribution in [1.82, 2.24) is 19.5 Å². The van der Waals surface area contributed by atoms with Gasteiger partial charge in [-0.2, -0.15) is 0 Å². The number of imidazole rings is 1. The summed E-state index contributed by atoms with van der Waals surface area (Å²) in [7, 11) is 1.70. The molecule has 9 nitrogen and oxygen atoms in total. The number of anilines is 1. The van der Waals surface area contributed by atoms with Gasteiger partial charge in [-0.1, -0.05) is 0 Å². The Balaban J connectivity index is 2.07. The number of aliphatic hydroxyl groups excluding tert-OH is 3. The van der Waals surface area contributed by atoms with E-state index >= 15 is 0 Å². The van der Waals surface area contributed by atoms with E-state index in [-0.39, 0.29) is 6.61 Å². The summed E-state index contributed by atoms with van der Waals surface area (Å²) in [5.74, 6) is 0.533. The molecule has 0 saturated carbocycles. The molecule has 0 amide bonds. The number of nitrogens with zero attached hydrogens (tertiary/aromatic N) is 4. The number of rotatable bonds is 3. The molecular formula is C11H15N5O4. The van der Waals surface area contributed by atoms with Crippen LogP contribution in [0.2, 0.25) is 0 Å². The van der Waals surface area contributed by atoms with Gasteiger partial charge in [-0.25, -0.2) is 15.0 Å². The Morgan fingerprint density at radius 3 is 2.75 bits per heavy atom. The third-order valence-electron chi connectivity index (χ3n) is 3.39. The van der Waals surface area contributed by atoms with E-state index in [1.165, 1.54) is 12.7 Å². The number of hydrogen-bond donors (Lipinski definition) is 4. The maximum Gasteiger partial charge on any atom is 0.183 e. The lowest BCUT2D eigenvalue weighted by atomic mass is 10.1. The van der Waals surface area contributed by atoms with E-state index in [1.54, 1.807) is 11.6 Å². The highest BCUT2D eigenvalue weighted by Gasteiger charge is 2.44. The first-order valence-corrected chi connectivity index (χ1v) is 6.15. The van der Waals surface area contributed by atoms with Gasteiger partial charge in [0.05, 0.1) is 6.61 Å². The third kappa shape index (κ3) is 1.83. The minimum absolute atomic E-state index is 0.378. The molecule has 0 aromatic carbocycles. The van der Waals surface area contributed by atoms with Gasteiger partial charge >= 0.3 is 0 Å². The largest absolute Gasteiger partial charge is 0.394 e. The second-order valence-electron chi connectivity index (χ2n) is 4.53. The predicted molar refractivity (Wildman–Crippen MR) is 67.9 cm³/mol. The first kappa shape index (κ1) is 13.2. The summed E-state index contributed by atoms with van der Waals surface area (Å²) in [5.41, 5.74) is 1.01. The SMILES string of the molecule is CNc1ncnc2ncn([C@@H]3O[C@@H](CO)[C@@H](O)[C@@H]3O)c12. The van der Waals surface area contributed by atoms with Gasteiger partial charge in [-0.3, -0.25) is 4.57 Å². The molecule has 4 N–H and O–H groups in total. The molecule has 0 bridgehead atoms. The van der Waals surface area contributed by atoms with E-state index in [9.17, 15) is 10.2 Å². The summed E-state index contributed by atoms with van der Waals surface area (Å²) in [6.07, 6.45) is -1.19. The van der Waals surface area contributed by atoms with E-state index < -0.39 is 24.5 Å². The van der Waals surface area contributed by atoms with Crippen molar-refractivity contribution in [3.05, 3.63) is 12.7 Å². The molecule has 20 heavy (non-hydrogen) atoms. The molecule has 9 heteroatoms. The molecule has 0 aliphatic carbocycles. The number of aromatic nitrogens is 4. The fourth-order valence-electron chi connectivity index (χ4n) is 2.36. The van der Waals surface area contributed by atoms with Crippen LogP contribution in [0.4, 0.5) is 5.82 Å². The van der Waals surface area contributed by atoms with Gasteiger partial charge in [0.15, 0.2) is 17.7 Å². The molecule has 3 rings (SSSR count). The van der Waals surface area contributed by atoms with Gasteiger partial charge < -0.3 is 25.4 Å². The highest BCUT2D eigenvalue weighted by Crippen LogP contribution is 2.32. The second kappa shape index (κ2) is 4.94. The quantitative estimate of drug-likeness (QED) is 0.534. The van der Waals surface area contributed by atoms with E-state index in [0.717, 1.165) is 0 Å². The highest BCUT2D eigenvalue weighted by atomic mass is 16.6. The molecule has 1 aliphatic heterocycles. The summed E-state index contributed by atoms with van der Waals surface area (Å²) in [6.45, 7) is -0.378. The van der Waals surface area contributed by atoms with Crippen molar-refractivity contribution in [2.24, 2.45) is 0 Å². The van der Waals surface area contributed by atoms with Gasteiger partial charge in [0.1, 0.15) is 36.5 Å². The van der Waals surface area contributed by atoms with Crippen molar-refractivity contribution >= 4 is 17.0 Å². The Labute approximate surface area is 113 Å². The van der Waals surface area contributed by atoms with Crippen molar-refractivity contribution in [2.45, 2.75) is 24.5 Å². The molecule has 0 spiro atoms. The molecule has 1 saturated heterocycles. The highest BCUT2D eigenvalue weighted by molar-refractivity contribution is 5.82. The Morgan fingerprint density at radius 1 is 1.30 bits per heavy atom. The fraction of sp³-hybridized carbons (Fsp3) is 0.545. The molecule has 1 aliphatic rings. The minimum atomic E-state index is -1.17. The molecule has 0 radical (unpaired) electrons. The molecular weight excluding hydrogens is 266 g/mol. The molecule has 0 unspecified atom stereocenters. The Morgan fingerprint density at radius 2 is 2.10 bits per heavy atom. The Kier molecular flexibility index (Phi) is 3.26. The fourth-order valence-corrected chi connectivity index (χ4v) is 2.36. The van der Waals surface area contributed by atoms with Crippen LogP contribution in [0, 0.1) is 0 Å². The van der Waals surface area contributed by atoms with Crippen LogP contribution in [-0.4, -0.2) is 66.8 Å². The zero-order valence-electron chi connectivity index (χ0n) is 10.7. The van der Waals surface area contributed by atoms with E-state index in [4.69, 9.17) is 9.84 Å². The molecule has 1 fully saturated rings. The Hall–Kier alpha value is -1.81. The monoisotopic (exact) mass is 281 g/mol. The maximum absolute atomic E-state index is 10.1. The first-order chi connectivity index (χ1) is 9.67. The van der Waals surface area contributed by atoms with Gasteiger partial charge in [0, 0.05) is 7.05 Å². The summed E-state index contributed by atoms with van der Waals surface area (Å²) in [4.78, 5) is 12.2. The lowest BCUT2D eigenvalue weighted by molar-refractivity contribution is -0.0508. The summed E-state index contributed by atoms with van der Waals surface area (Å²) in [6, 6.07) is 0. The van der Waals surface area contributed by atoms with Crippen LogP contribution < -0.4 is 5.32 Å². The molecule has 3 heterocycles. The molecule has 2 aromatic heterocycles. The number of fused-ring (bicyclic) bond motifs is 1. The second-order valence-corrected chi connectivity index (χ2v) is 4.53.